The number of aromatic nitrogens is 2. The summed E-state index contributed by atoms with van der Waals surface area (Å²) in [4.78, 5) is 18.2. The third-order valence-corrected chi connectivity index (χ3v) is 4.18. The van der Waals surface area contributed by atoms with Crippen molar-refractivity contribution in [1.82, 2.24) is 19.8 Å². The molecule has 1 aromatic rings. The zero-order valence-corrected chi connectivity index (χ0v) is 12.6. The highest BCUT2D eigenvalue weighted by atomic mass is 16.2. The Morgan fingerprint density at radius 1 is 1.40 bits per heavy atom. The maximum Gasteiger partial charge on any atom is 0.224 e. The van der Waals surface area contributed by atoms with Crippen LogP contribution < -0.4 is 5.32 Å². The van der Waals surface area contributed by atoms with Gasteiger partial charge in [-0.25, -0.2) is 4.98 Å². The van der Waals surface area contributed by atoms with Crippen LogP contribution in [0.15, 0.2) is 12.5 Å². The fourth-order valence-electron chi connectivity index (χ4n) is 2.93. The van der Waals surface area contributed by atoms with Crippen molar-refractivity contribution in [2.45, 2.75) is 45.6 Å². The topological polar surface area (TPSA) is 50.2 Å². The van der Waals surface area contributed by atoms with Crippen molar-refractivity contribution in [2.24, 2.45) is 0 Å². The van der Waals surface area contributed by atoms with Gasteiger partial charge in [0.25, 0.3) is 0 Å². The third kappa shape index (κ3) is 3.60. The van der Waals surface area contributed by atoms with E-state index >= 15 is 0 Å². The number of rotatable bonds is 6. The molecule has 2 heterocycles. The summed E-state index contributed by atoms with van der Waals surface area (Å²) in [6, 6.07) is 0. The van der Waals surface area contributed by atoms with Crippen LogP contribution in [0.3, 0.4) is 0 Å². The van der Waals surface area contributed by atoms with Crippen molar-refractivity contribution in [3.8, 4) is 0 Å². The molecule has 1 aliphatic rings. The number of imidazole rings is 1. The van der Waals surface area contributed by atoms with Gasteiger partial charge in [0.15, 0.2) is 0 Å². The van der Waals surface area contributed by atoms with Gasteiger partial charge in [0.2, 0.25) is 5.91 Å². The van der Waals surface area contributed by atoms with Gasteiger partial charge in [0.1, 0.15) is 0 Å². The average Bonchev–Trinajstić information content (AvgIpc) is 2.95. The molecule has 1 saturated heterocycles. The Morgan fingerprint density at radius 3 is 2.75 bits per heavy atom. The second kappa shape index (κ2) is 7.43. The molecule has 1 N–H and O–H groups in total. The Labute approximate surface area is 121 Å². The molecule has 1 aromatic heterocycles. The highest BCUT2D eigenvalue weighted by molar-refractivity contribution is 5.76. The molecule has 0 aromatic carbocycles. The first-order valence-electron chi connectivity index (χ1n) is 7.74. The van der Waals surface area contributed by atoms with E-state index in [1.165, 1.54) is 5.69 Å². The largest absolute Gasteiger partial charge is 0.343 e. The predicted octanol–water partition coefficient (Wildman–Crippen LogP) is 1.61. The highest BCUT2D eigenvalue weighted by Gasteiger charge is 2.19. The van der Waals surface area contributed by atoms with Gasteiger partial charge in [0, 0.05) is 43.9 Å². The van der Waals surface area contributed by atoms with Crippen LogP contribution in [0, 0.1) is 0 Å². The van der Waals surface area contributed by atoms with E-state index in [1.807, 2.05) is 31.3 Å². The van der Waals surface area contributed by atoms with Crippen molar-refractivity contribution in [3.63, 3.8) is 0 Å². The molecule has 5 nitrogen and oxygen atoms in total. The molecule has 0 spiro atoms. The van der Waals surface area contributed by atoms with E-state index in [9.17, 15) is 4.79 Å². The fraction of sp³-hybridized carbons (Fsp3) is 0.733. The van der Waals surface area contributed by atoms with Gasteiger partial charge < -0.3 is 14.8 Å². The number of nitrogens with one attached hydrogen (secondary N) is 1. The van der Waals surface area contributed by atoms with E-state index in [4.69, 9.17) is 0 Å². The Balaban J connectivity index is 1.93. The molecule has 0 bridgehead atoms. The molecule has 2 rings (SSSR count). The van der Waals surface area contributed by atoms with Crippen LogP contribution in [0.25, 0.3) is 0 Å². The number of aryl methyl sites for hydroxylation is 1. The lowest BCUT2D eigenvalue weighted by molar-refractivity contribution is -0.131. The summed E-state index contributed by atoms with van der Waals surface area (Å²) in [5, 5.41) is 3.39. The zero-order valence-electron chi connectivity index (χ0n) is 12.6. The van der Waals surface area contributed by atoms with Gasteiger partial charge in [-0.3, -0.25) is 4.79 Å². The lowest BCUT2D eigenvalue weighted by Gasteiger charge is -2.24. The normalized spacial score (nSPS) is 16.3. The molecular formula is C15H26N4O. The predicted molar refractivity (Wildman–Crippen MR) is 79.6 cm³/mol. The quantitative estimate of drug-likeness (QED) is 0.860. The second-order valence-electron chi connectivity index (χ2n) is 5.35. The number of carbonyl (C=O) groups excluding carboxylic acids is 1. The lowest BCUT2D eigenvalue weighted by Crippen LogP contribution is -2.31. The van der Waals surface area contributed by atoms with Crippen molar-refractivity contribution in [3.05, 3.63) is 18.2 Å². The summed E-state index contributed by atoms with van der Waals surface area (Å²) in [5.74, 6) is 0.822. The Bertz CT molecular complexity index is 419. The third-order valence-electron chi connectivity index (χ3n) is 4.18. The fourth-order valence-corrected chi connectivity index (χ4v) is 2.93. The first-order chi connectivity index (χ1) is 9.76. The number of amides is 1. The van der Waals surface area contributed by atoms with Gasteiger partial charge in [-0.1, -0.05) is 0 Å². The molecule has 0 unspecified atom stereocenters. The van der Waals surface area contributed by atoms with E-state index in [1.54, 1.807) is 0 Å². The van der Waals surface area contributed by atoms with E-state index in [-0.39, 0.29) is 5.91 Å². The summed E-state index contributed by atoms with van der Waals surface area (Å²) in [6.45, 7) is 8.54. The number of hydrogen-bond donors (Lipinski definition) is 1. The summed E-state index contributed by atoms with van der Waals surface area (Å²) < 4.78 is 2.16. The summed E-state index contributed by atoms with van der Waals surface area (Å²) in [7, 11) is 0. The van der Waals surface area contributed by atoms with Crippen LogP contribution in [0.5, 0.6) is 0 Å². The summed E-state index contributed by atoms with van der Waals surface area (Å²) in [5.41, 5.74) is 1.29. The van der Waals surface area contributed by atoms with Crippen LogP contribution in [0.4, 0.5) is 0 Å². The van der Waals surface area contributed by atoms with Gasteiger partial charge in [0.05, 0.1) is 6.33 Å². The number of hydrogen-bond acceptors (Lipinski definition) is 3. The van der Waals surface area contributed by atoms with E-state index < -0.39 is 0 Å². The molecule has 1 amide bonds. The molecule has 1 aliphatic heterocycles. The minimum atomic E-state index is 0.236. The molecular weight excluding hydrogens is 252 g/mol. The van der Waals surface area contributed by atoms with Gasteiger partial charge in [-0.2, -0.15) is 0 Å². The van der Waals surface area contributed by atoms with Gasteiger partial charge >= 0.3 is 0 Å². The van der Waals surface area contributed by atoms with E-state index in [2.05, 4.69) is 14.9 Å². The van der Waals surface area contributed by atoms with Crippen molar-refractivity contribution < 1.29 is 4.79 Å². The van der Waals surface area contributed by atoms with Gasteiger partial charge in [-0.15, -0.1) is 0 Å². The molecule has 112 valence electrons. The molecule has 0 saturated carbocycles. The first kappa shape index (κ1) is 15.0. The minimum Gasteiger partial charge on any atom is -0.343 e. The van der Waals surface area contributed by atoms with Crippen LogP contribution in [0.2, 0.25) is 0 Å². The van der Waals surface area contributed by atoms with Crippen LogP contribution in [0.1, 0.15) is 44.7 Å². The lowest BCUT2D eigenvalue weighted by atomic mass is 9.95. The Morgan fingerprint density at radius 2 is 2.10 bits per heavy atom. The number of carbonyl (C=O) groups is 1. The van der Waals surface area contributed by atoms with Crippen molar-refractivity contribution in [1.29, 1.82) is 0 Å². The number of piperidine rings is 1. The van der Waals surface area contributed by atoms with Crippen LogP contribution in [-0.2, 0) is 11.3 Å². The highest BCUT2D eigenvalue weighted by Crippen LogP contribution is 2.24. The molecule has 1 fully saturated rings. The van der Waals surface area contributed by atoms with E-state index in [0.29, 0.717) is 12.3 Å². The molecule has 0 aliphatic carbocycles. The SMILES string of the molecule is CCN(CC)C(=O)CCn1cncc1C1CCNCC1. The van der Waals surface area contributed by atoms with Gasteiger partial charge in [-0.05, 0) is 39.8 Å². The average molecular weight is 278 g/mol. The number of nitrogens with zero attached hydrogens (tertiary/aromatic N) is 3. The maximum atomic E-state index is 12.1. The summed E-state index contributed by atoms with van der Waals surface area (Å²) >= 11 is 0. The van der Waals surface area contributed by atoms with Crippen molar-refractivity contribution in [2.75, 3.05) is 26.2 Å². The standard InChI is InChI=1S/C15H26N4O/c1-3-18(4-2)15(20)7-10-19-12-17-11-14(19)13-5-8-16-9-6-13/h11-13,16H,3-10H2,1-2H3. The molecule has 20 heavy (non-hydrogen) atoms. The van der Waals surface area contributed by atoms with Crippen LogP contribution >= 0.6 is 0 Å². The second-order valence-corrected chi connectivity index (χ2v) is 5.35. The minimum absolute atomic E-state index is 0.236. The maximum absolute atomic E-state index is 12.1. The molecule has 0 atom stereocenters. The molecule has 0 radical (unpaired) electrons. The monoisotopic (exact) mass is 278 g/mol. The van der Waals surface area contributed by atoms with E-state index in [0.717, 1.165) is 45.6 Å². The zero-order chi connectivity index (χ0) is 14.4. The first-order valence-corrected chi connectivity index (χ1v) is 7.74. The smallest absolute Gasteiger partial charge is 0.224 e. The van der Waals surface area contributed by atoms with Crippen LogP contribution in [-0.4, -0.2) is 46.5 Å². The Kier molecular flexibility index (Phi) is 5.59. The Hall–Kier alpha value is -1.36. The molecule has 5 heteroatoms. The van der Waals surface area contributed by atoms with Crippen molar-refractivity contribution >= 4 is 5.91 Å². The summed E-state index contributed by atoms with van der Waals surface area (Å²) in [6.07, 6.45) is 6.73.